The molecule has 32 heavy (non-hydrogen) atoms. The summed E-state index contributed by atoms with van der Waals surface area (Å²) in [5.41, 5.74) is 6.18. The van der Waals surface area contributed by atoms with Gasteiger partial charge in [0, 0.05) is 33.9 Å². The smallest absolute Gasteiger partial charge is 0.271 e. The number of aryl methyl sites for hydroxylation is 1. The van der Waals surface area contributed by atoms with E-state index in [4.69, 9.17) is 14.2 Å². The highest BCUT2D eigenvalue weighted by Gasteiger charge is 2.16. The third kappa shape index (κ3) is 3.73. The van der Waals surface area contributed by atoms with Gasteiger partial charge in [-0.05, 0) is 42.8 Å². The maximum absolute atomic E-state index is 12.6. The van der Waals surface area contributed by atoms with E-state index in [9.17, 15) is 4.79 Å². The summed E-state index contributed by atoms with van der Waals surface area (Å²) in [6.45, 7) is 3.03. The van der Waals surface area contributed by atoms with Crippen LogP contribution >= 0.6 is 0 Å². The van der Waals surface area contributed by atoms with Crippen LogP contribution in [0.5, 0.6) is 17.2 Å². The van der Waals surface area contributed by atoms with Crippen molar-refractivity contribution in [2.75, 3.05) is 21.3 Å². The SMILES string of the molecule is CCn1c2ccccc2c2cc(C=NNC(=O)c3cc(OC)c(OC)c(OC)c3)ccc21. The fourth-order valence-electron chi connectivity index (χ4n) is 3.93. The second kappa shape index (κ2) is 9.01. The number of nitrogens with zero attached hydrogens (tertiary/aromatic N) is 2. The van der Waals surface area contributed by atoms with Crippen LogP contribution in [-0.4, -0.2) is 38.0 Å². The van der Waals surface area contributed by atoms with Crippen molar-refractivity contribution in [3.63, 3.8) is 0 Å². The van der Waals surface area contributed by atoms with Crippen molar-refractivity contribution in [2.45, 2.75) is 13.5 Å². The second-order valence-electron chi connectivity index (χ2n) is 7.15. The molecule has 0 aliphatic carbocycles. The number of methoxy groups -OCH3 is 3. The summed E-state index contributed by atoms with van der Waals surface area (Å²) in [6, 6.07) is 17.7. The number of rotatable bonds is 7. The van der Waals surface area contributed by atoms with Crippen molar-refractivity contribution in [2.24, 2.45) is 5.10 Å². The minimum atomic E-state index is -0.385. The summed E-state index contributed by atoms with van der Waals surface area (Å²) in [7, 11) is 4.52. The lowest BCUT2D eigenvalue weighted by Crippen LogP contribution is -2.18. The van der Waals surface area contributed by atoms with Crippen LogP contribution in [0.25, 0.3) is 21.8 Å². The van der Waals surface area contributed by atoms with Crippen LogP contribution in [-0.2, 0) is 6.54 Å². The maximum atomic E-state index is 12.6. The maximum Gasteiger partial charge on any atom is 0.271 e. The Morgan fingerprint density at radius 3 is 2.28 bits per heavy atom. The Morgan fingerprint density at radius 2 is 1.62 bits per heavy atom. The number of amides is 1. The molecule has 3 aromatic carbocycles. The fourth-order valence-corrected chi connectivity index (χ4v) is 3.93. The predicted octanol–water partition coefficient (Wildman–Crippen LogP) is 4.60. The standard InChI is InChI=1S/C25H25N3O4/c1-5-28-20-9-7-6-8-18(20)19-12-16(10-11-21(19)28)15-26-27-25(29)17-13-22(30-2)24(32-4)23(14-17)31-3/h6-15H,5H2,1-4H3,(H,27,29). The first kappa shape index (κ1) is 21.2. The van der Waals surface area contributed by atoms with Crippen molar-refractivity contribution in [3.05, 3.63) is 65.7 Å². The highest BCUT2D eigenvalue weighted by atomic mass is 16.5. The Hall–Kier alpha value is -4.00. The molecule has 0 radical (unpaired) electrons. The molecule has 0 atom stereocenters. The highest BCUT2D eigenvalue weighted by Crippen LogP contribution is 2.38. The molecule has 4 aromatic rings. The van der Waals surface area contributed by atoms with Gasteiger partial charge in [-0.1, -0.05) is 24.3 Å². The van der Waals surface area contributed by atoms with Gasteiger partial charge in [0.25, 0.3) is 5.91 Å². The van der Waals surface area contributed by atoms with Crippen LogP contribution < -0.4 is 19.6 Å². The number of hydrogen-bond donors (Lipinski definition) is 1. The van der Waals surface area contributed by atoms with E-state index in [1.165, 1.54) is 37.7 Å². The van der Waals surface area contributed by atoms with E-state index in [-0.39, 0.29) is 5.91 Å². The summed E-state index contributed by atoms with van der Waals surface area (Å²) in [5.74, 6) is 0.844. The van der Waals surface area contributed by atoms with E-state index in [2.05, 4.69) is 52.3 Å². The predicted molar refractivity (Wildman–Crippen MR) is 126 cm³/mol. The summed E-state index contributed by atoms with van der Waals surface area (Å²) in [6.07, 6.45) is 1.63. The van der Waals surface area contributed by atoms with E-state index in [0.29, 0.717) is 22.8 Å². The van der Waals surface area contributed by atoms with Crippen molar-refractivity contribution in [3.8, 4) is 17.2 Å². The first-order valence-corrected chi connectivity index (χ1v) is 10.3. The largest absolute Gasteiger partial charge is 0.493 e. The molecule has 7 heteroatoms. The minimum Gasteiger partial charge on any atom is -0.493 e. The number of para-hydroxylation sites is 1. The van der Waals surface area contributed by atoms with Gasteiger partial charge in [-0.2, -0.15) is 5.10 Å². The first-order valence-electron chi connectivity index (χ1n) is 10.3. The number of hydrazone groups is 1. The molecule has 0 aliphatic heterocycles. The van der Waals surface area contributed by atoms with Crippen LogP contribution in [0.4, 0.5) is 0 Å². The van der Waals surface area contributed by atoms with E-state index in [1.807, 2.05) is 12.1 Å². The number of fused-ring (bicyclic) bond motifs is 3. The van der Waals surface area contributed by atoms with Crippen LogP contribution in [0.2, 0.25) is 0 Å². The van der Waals surface area contributed by atoms with Gasteiger partial charge in [0.15, 0.2) is 11.5 Å². The Bertz CT molecular complexity index is 1300. The third-order valence-corrected chi connectivity index (χ3v) is 5.42. The summed E-state index contributed by atoms with van der Waals surface area (Å²) in [4.78, 5) is 12.6. The molecule has 0 spiro atoms. The van der Waals surface area contributed by atoms with Gasteiger partial charge in [0.05, 0.1) is 27.5 Å². The Labute approximate surface area is 186 Å². The molecule has 0 bridgehead atoms. The zero-order chi connectivity index (χ0) is 22.7. The Kier molecular flexibility index (Phi) is 5.98. The molecule has 1 aromatic heterocycles. The molecule has 0 saturated heterocycles. The lowest BCUT2D eigenvalue weighted by molar-refractivity contribution is 0.0954. The second-order valence-corrected chi connectivity index (χ2v) is 7.15. The number of hydrogen-bond acceptors (Lipinski definition) is 5. The van der Waals surface area contributed by atoms with Crippen molar-refractivity contribution in [1.82, 2.24) is 9.99 Å². The molecule has 0 unspecified atom stereocenters. The van der Waals surface area contributed by atoms with Gasteiger partial charge < -0.3 is 18.8 Å². The van der Waals surface area contributed by atoms with Crippen molar-refractivity contribution >= 4 is 33.9 Å². The monoisotopic (exact) mass is 431 g/mol. The van der Waals surface area contributed by atoms with Gasteiger partial charge in [-0.15, -0.1) is 0 Å². The zero-order valence-electron chi connectivity index (χ0n) is 18.5. The molecule has 4 rings (SSSR count). The van der Waals surface area contributed by atoms with Gasteiger partial charge in [-0.25, -0.2) is 5.43 Å². The number of carbonyl (C=O) groups is 1. The van der Waals surface area contributed by atoms with Crippen LogP contribution in [0.1, 0.15) is 22.8 Å². The number of aromatic nitrogens is 1. The number of ether oxygens (including phenoxy) is 3. The first-order chi connectivity index (χ1) is 15.6. The van der Waals surface area contributed by atoms with Gasteiger partial charge in [-0.3, -0.25) is 4.79 Å². The van der Waals surface area contributed by atoms with Gasteiger partial charge in [0.2, 0.25) is 5.75 Å². The normalized spacial score (nSPS) is 11.2. The molecule has 0 aliphatic rings. The van der Waals surface area contributed by atoms with Gasteiger partial charge >= 0.3 is 0 Å². The average Bonchev–Trinajstić information content (AvgIpc) is 3.15. The fraction of sp³-hybridized carbons (Fsp3) is 0.200. The number of nitrogens with one attached hydrogen (secondary N) is 1. The average molecular weight is 431 g/mol. The molecule has 7 nitrogen and oxygen atoms in total. The summed E-state index contributed by atoms with van der Waals surface area (Å²) in [5, 5.41) is 6.49. The lowest BCUT2D eigenvalue weighted by atomic mass is 10.1. The molecule has 1 amide bonds. The van der Waals surface area contributed by atoms with Crippen molar-refractivity contribution in [1.29, 1.82) is 0 Å². The van der Waals surface area contributed by atoms with Crippen LogP contribution in [0.15, 0.2) is 59.7 Å². The Morgan fingerprint density at radius 1 is 0.938 bits per heavy atom. The molecule has 0 fully saturated rings. The number of carbonyl (C=O) groups excluding carboxylic acids is 1. The van der Waals surface area contributed by atoms with E-state index >= 15 is 0 Å². The number of benzene rings is 3. The van der Waals surface area contributed by atoms with E-state index in [1.54, 1.807) is 18.3 Å². The van der Waals surface area contributed by atoms with E-state index < -0.39 is 0 Å². The zero-order valence-corrected chi connectivity index (χ0v) is 18.5. The lowest BCUT2D eigenvalue weighted by Gasteiger charge is -2.13. The quantitative estimate of drug-likeness (QED) is 0.343. The molecule has 0 saturated carbocycles. The topological polar surface area (TPSA) is 74.1 Å². The summed E-state index contributed by atoms with van der Waals surface area (Å²) < 4.78 is 18.2. The Balaban J connectivity index is 1.59. The molecule has 1 heterocycles. The van der Waals surface area contributed by atoms with Crippen LogP contribution in [0, 0.1) is 0 Å². The van der Waals surface area contributed by atoms with E-state index in [0.717, 1.165) is 17.5 Å². The van der Waals surface area contributed by atoms with Crippen molar-refractivity contribution < 1.29 is 19.0 Å². The van der Waals surface area contributed by atoms with Crippen LogP contribution in [0.3, 0.4) is 0 Å². The third-order valence-electron chi connectivity index (χ3n) is 5.42. The molecular formula is C25H25N3O4. The molecule has 164 valence electrons. The highest BCUT2D eigenvalue weighted by molar-refractivity contribution is 6.09. The molecular weight excluding hydrogens is 406 g/mol. The minimum absolute atomic E-state index is 0.345. The molecule has 1 N–H and O–H groups in total. The van der Waals surface area contributed by atoms with Gasteiger partial charge in [0.1, 0.15) is 0 Å². The summed E-state index contributed by atoms with van der Waals surface area (Å²) >= 11 is 0.